The lowest BCUT2D eigenvalue weighted by Gasteiger charge is -2.47. The predicted octanol–water partition coefficient (Wildman–Crippen LogP) is 5.74. The van der Waals surface area contributed by atoms with Gasteiger partial charge >= 0.3 is 0 Å². The molecule has 5 aliphatic rings. The lowest BCUT2D eigenvalue weighted by molar-refractivity contribution is -0.144. The second kappa shape index (κ2) is 7.77. The fourth-order valence-corrected chi connectivity index (χ4v) is 10.2. The van der Waals surface area contributed by atoms with E-state index < -0.39 is 10.8 Å². The van der Waals surface area contributed by atoms with Gasteiger partial charge in [0.15, 0.2) is 0 Å². The summed E-state index contributed by atoms with van der Waals surface area (Å²) in [5.74, 6) is 1.27. The van der Waals surface area contributed by atoms with Crippen LogP contribution in [0.5, 0.6) is 11.5 Å². The number of hydrogen-bond acceptors (Lipinski definition) is 4. The molecule has 3 aliphatic carbocycles. The first-order valence-corrected chi connectivity index (χ1v) is 15.7. The van der Waals surface area contributed by atoms with E-state index in [0.717, 1.165) is 44.4 Å². The van der Waals surface area contributed by atoms with Crippen molar-refractivity contribution >= 4 is 68.2 Å². The highest BCUT2D eigenvalue weighted by molar-refractivity contribution is 6.20. The first kappa shape index (κ1) is 25.2. The molecule has 4 unspecified atom stereocenters. The number of fused-ring (bicyclic) bond motifs is 7. The van der Waals surface area contributed by atoms with Crippen molar-refractivity contribution in [1.29, 1.82) is 0 Å². The average Bonchev–Trinajstić information content (AvgIpc) is 3.66. The molecule has 0 bridgehead atoms. The third-order valence-corrected chi connectivity index (χ3v) is 12.2. The Morgan fingerprint density at radius 1 is 0.881 bits per heavy atom. The molecule has 216 valence electrons. The van der Waals surface area contributed by atoms with Crippen molar-refractivity contribution in [3.63, 3.8) is 0 Å². The highest BCUT2D eigenvalue weighted by atomic mass is 35.5. The summed E-state index contributed by atoms with van der Waals surface area (Å²) >= 11 is 12.9. The first-order valence-electron chi connectivity index (χ1n) is 14.6. The largest absolute Gasteiger partial charge is 0.506 e. The van der Waals surface area contributed by atoms with Crippen LogP contribution in [0.3, 0.4) is 0 Å². The number of carbonyl (C=O) groups is 2. The summed E-state index contributed by atoms with van der Waals surface area (Å²) in [5, 5.41) is 23.5. The Morgan fingerprint density at radius 2 is 1.38 bits per heavy atom. The molecular formula is C32H30Cl2N4O4. The van der Waals surface area contributed by atoms with E-state index in [1.165, 1.54) is 0 Å². The van der Waals surface area contributed by atoms with Crippen LogP contribution in [0.4, 0.5) is 11.4 Å². The Hall–Kier alpha value is -3.36. The van der Waals surface area contributed by atoms with Gasteiger partial charge in [-0.15, -0.1) is 23.2 Å². The molecule has 0 saturated heterocycles. The smallest absolute Gasteiger partial charge is 0.233 e. The van der Waals surface area contributed by atoms with Crippen molar-refractivity contribution in [2.45, 2.75) is 38.5 Å². The highest BCUT2D eigenvalue weighted by Crippen LogP contribution is 2.93. The van der Waals surface area contributed by atoms with Crippen molar-refractivity contribution in [3.8, 4) is 11.5 Å². The maximum Gasteiger partial charge on any atom is 0.233 e. The number of phenolic OH excluding ortho intramolecular Hbond substituents is 2. The van der Waals surface area contributed by atoms with Gasteiger partial charge in [0.05, 0.1) is 33.2 Å². The van der Waals surface area contributed by atoms with E-state index in [-0.39, 0.29) is 47.0 Å². The van der Waals surface area contributed by atoms with Crippen molar-refractivity contribution < 1.29 is 19.8 Å². The van der Waals surface area contributed by atoms with E-state index in [9.17, 15) is 19.8 Å². The maximum absolute atomic E-state index is 14.3. The zero-order valence-corrected chi connectivity index (χ0v) is 24.7. The molecule has 4 N–H and O–H groups in total. The van der Waals surface area contributed by atoms with E-state index in [4.69, 9.17) is 23.2 Å². The van der Waals surface area contributed by atoms with Crippen molar-refractivity contribution in [1.82, 2.24) is 9.97 Å². The Balaban J connectivity index is 1.05. The number of nitrogens with zero attached hydrogens (tertiary/aromatic N) is 2. The molecule has 42 heavy (non-hydrogen) atoms. The van der Waals surface area contributed by atoms with E-state index in [2.05, 4.69) is 9.97 Å². The van der Waals surface area contributed by atoms with Gasteiger partial charge in [0, 0.05) is 72.0 Å². The average molecular weight is 606 g/mol. The van der Waals surface area contributed by atoms with Gasteiger partial charge in [-0.05, 0) is 60.8 Å². The maximum atomic E-state index is 14.3. The number of amides is 2. The van der Waals surface area contributed by atoms with Crippen LogP contribution in [-0.4, -0.2) is 56.8 Å². The van der Waals surface area contributed by atoms with Crippen molar-refractivity contribution in [2.75, 3.05) is 34.6 Å². The third kappa shape index (κ3) is 2.61. The lowest BCUT2D eigenvalue weighted by Crippen LogP contribution is -2.56. The fraction of sp³-hybridized carbons (Fsp3) is 0.438. The van der Waals surface area contributed by atoms with Gasteiger partial charge in [-0.1, -0.05) is 0 Å². The molecular weight excluding hydrogens is 575 g/mol. The predicted molar refractivity (Wildman–Crippen MR) is 162 cm³/mol. The number of rotatable bonds is 4. The quantitative estimate of drug-likeness (QED) is 0.222. The number of aromatic hydroxyl groups is 2. The molecule has 2 aliphatic heterocycles. The summed E-state index contributed by atoms with van der Waals surface area (Å²) in [5.41, 5.74) is 5.81. The van der Waals surface area contributed by atoms with Crippen LogP contribution in [-0.2, 0) is 9.59 Å². The van der Waals surface area contributed by atoms with E-state index in [1.54, 1.807) is 12.1 Å². The van der Waals surface area contributed by atoms with Crippen LogP contribution < -0.4 is 9.80 Å². The number of hydrogen-bond donors (Lipinski definition) is 4. The fourth-order valence-electron chi connectivity index (χ4n) is 9.74. The highest BCUT2D eigenvalue weighted by Gasteiger charge is 2.95. The Labute approximate surface area is 251 Å². The van der Waals surface area contributed by atoms with E-state index in [0.29, 0.717) is 48.7 Å². The molecule has 6 atom stereocenters. The molecule has 9 rings (SSSR count). The van der Waals surface area contributed by atoms with Crippen molar-refractivity contribution in [2.24, 2.45) is 22.7 Å². The number of aromatic nitrogens is 2. The topological polar surface area (TPSA) is 113 Å². The summed E-state index contributed by atoms with van der Waals surface area (Å²) in [7, 11) is 0. The number of carbonyl (C=O) groups excluding carboxylic acids is 2. The number of aryl methyl sites for hydroxylation is 2. The zero-order valence-electron chi connectivity index (χ0n) is 23.2. The molecule has 4 heterocycles. The summed E-state index contributed by atoms with van der Waals surface area (Å²) in [6.45, 7) is 4.94. The van der Waals surface area contributed by atoms with Gasteiger partial charge in [-0.3, -0.25) is 9.59 Å². The second-order valence-electron chi connectivity index (χ2n) is 13.3. The minimum Gasteiger partial charge on any atom is -0.506 e. The SMILES string of the molecule is Cc1c[nH]c2c(O)cc3c(c12)[C@H](CCl)CN3C(=O)C12CC3C1C3(C(=O)N1C[C@@H](CCl)c3c1cc(O)c1[nH]cc(C)c31)C2. The van der Waals surface area contributed by atoms with Gasteiger partial charge in [-0.25, -0.2) is 0 Å². The molecule has 2 aromatic carbocycles. The molecule has 3 saturated carbocycles. The Bertz CT molecular complexity index is 1800. The van der Waals surface area contributed by atoms with Gasteiger partial charge in [-0.2, -0.15) is 0 Å². The first-order chi connectivity index (χ1) is 20.2. The van der Waals surface area contributed by atoms with Crippen LogP contribution in [0.15, 0.2) is 24.5 Å². The monoisotopic (exact) mass is 604 g/mol. The van der Waals surface area contributed by atoms with Crippen LogP contribution in [0.25, 0.3) is 21.8 Å². The molecule has 4 aromatic rings. The number of nitrogens with one attached hydrogen (secondary N) is 2. The Morgan fingerprint density at radius 3 is 1.86 bits per heavy atom. The third-order valence-electron chi connectivity index (χ3n) is 11.5. The number of alkyl halides is 2. The molecule has 3 fully saturated rings. The van der Waals surface area contributed by atoms with E-state index >= 15 is 0 Å². The van der Waals surface area contributed by atoms with Gasteiger partial charge in [0.2, 0.25) is 11.8 Å². The minimum absolute atomic E-state index is 0.0275. The van der Waals surface area contributed by atoms with Gasteiger partial charge < -0.3 is 30.0 Å². The zero-order chi connectivity index (χ0) is 29.0. The standard InChI is InChI=1S/C32H30Cl2N4O4/c1-13-8-35-26-20(39)3-18-24(22(13)26)15(6-33)10-37(18)29(41)31-5-17-28(31)32(17,12-31)30(42)38-11-16(7-34)25-19(38)4-21(40)27-23(25)14(2)9-36-27/h3-4,8-9,15-17,28,35-36,39-40H,5-7,10-12H2,1-2H3/t15-,16-,17?,28?,31?,32?/m1/s1. The number of H-pyrrole nitrogens is 2. The molecule has 2 amide bonds. The molecule has 0 radical (unpaired) electrons. The molecule has 0 spiro atoms. The number of aromatic amines is 2. The summed E-state index contributed by atoms with van der Waals surface area (Å²) in [4.78, 5) is 38.6. The van der Waals surface area contributed by atoms with Crippen LogP contribution in [0.1, 0.15) is 46.9 Å². The molecule has 8 nitrogen and oxygen atoms in total. The summed E-state index contributed by atoms with van der Waals surface area (Å²) < 4.78 is 0. The van der Waals surface area contributed by atoms with Crippen molar-refractivity contribution in [3.05, 3.63) is 46.8 Å². The van der Waals surface area contributed by atoms with E-state index in [1.807, 2.05) is 36.0 Å². The number of halogens is 2. The number of phenols is 2. The summed E-state index contributed by atoms with van der Waals surface area (Å²) in [6.07, 6.45) is 4.99. The number of anilines is 2. The minimum atomic E-state index is -0.547. The van der Waals surface area contributed by atoms with Gasteiger partial charge in [0.25, 0.3) is 0 Å². The number of benzene rings is 2. The molecule has 10 heteroatoms. The van der Waals surface area contributed by atoms with Crippen LogP contribution in [0, 0.1) is 36.5 Å². The normalized spacial score (nSPS) is 31.6. The van der Waals surface area contributed by atoms with Gasteiger partial charge in [0.1, 0.15) is 11.5 Å². The second-order valence-corrected chi connectivity index (χ2v) is 13.9. The summed E-state index contributed by atoms with van der Waals surface area (Å²) in [6, 6.07) is 3.39. The van der Waals surface area contributed by atoms with Crippen LogP contribution >= 0.6 is 23.2 Å². The Kier molecular flexibility index (Phi) is 4.66. The molecule has 2 aromatic heterocycles. The van der Waals surface area contributed by atoms with Crippen LogP contribution in [0.2, 0.25) is 0 Å². The lowest BCUT2D eigenvalue weighted by atomic mass is 9.58.